The van der Waals surface area contributed by atoms with Gasteiger partial charge in [-0.3, -0.25) is 9.59 Å². The number of nitrogens with zero attached hydrogens (tertiary/aromatic N) is 5. The fourth-order valence-electron chi connectivity index (χ4n) is 2.86. The number of carbonyl (C=O) groups excluding carboxylic acids is 2. The summed E-state index contributed by atoms with van der Waals surface area (Å²) in [7, 11) is 3.95. The van der Waals surface area contributed by atoms with E-state index >= 15 is 0 Å². The van der Waals surface area contributed by atoms with Gasteiger partial charge in [0.1, 0.15) is 5.82 Å². The zero-order valence-electron chi connectivity index (χ0n) is 15.5. The number of hydrogen-bond acceptors (Lipinski definition) is 5. The third-order valence-electron chi connectivity index (χ3n) is 4.46. The first-order valence-electron chi connectivity index (χ1n) is 8.81. The molecular formula is C18H29N5O2. The molecule has 7 heteroatoms. The molecule has 0 radical (unpaired) electrons. The molecule has 0 aliphatic carbocycles. The maximum absolute atomic E-state index is 12.4. The third-order valence-corrected chi connectivity index (χ3v) is 4.46. The number of aromatic nitrogens is 1. The van der Waals surface area contributed by atoms with Gasteiger partial charge in [-0.25, -0.2) is 4.98 Å². The molecule has 7 nitrogen and oxygen atoms in total. The van der Waals surface area contributed by atoms with Crippen LogP contribution >= 0.6 is 0 Å². The van der Waals surface area contributed by atoms with Gasteiger partial charge in [0.2, 0.25) is 11.8 Å². The van der Waals surface area contributed by atoms with Crippen LogP contribution in [-0.2, 0) is 9.59 Å². The maximum Gasteiger partial charge on any atom is 0.224 e. The first-order chi connectivity index (χ1) is 12.0. The molecule has 1 aromatic rings. The van der Waals surface area contributed by atoms with Crippen LogP contribution in [0.5, 0.6) is 0 Å². The monoisotopic (exact) mass is 347 g/mol. The number of pyridine rings is 1. The molecule has 2 rings (SSSR count). The van der Waals surface area contributed by atoms with Gasteiger partial charge in [-0.2, -0.15) is 0 Å². The van der Waals surface area contributed by atoms with E-state index in [2.05, 4.69) is 9.88 Å². The Kier molecular flexibility index (Phi) is 7.18. The number of carbonyl (C=O) groups is 2. The number of anilines is 1. The fourth-order valence-corrected chi connectivity index (χ4v) is 2.86. The Hall–Kier alpha value is -2.15. The van der Waals surface area contributed by atoms with Gasteiger partial charge >= 0.3 is 0 Å². The highest BCUT2D eigenvalue weighted by Gasteiger charge is 2.22. The summed E-state index contributed by atoms with van der Waals surface area (Å²) in [5.41, 5.74) is 0. The van der Waals surface area contributed by atoms with Crippen molar-refractivity contribution >= 4 is 17.6 Å². The molecule has 2 amide bonds. The smallest absolute Gasteiger partial charge is 0.224 e. The lowest BCUT2D eigenvalue weighted by Gasteiger charge is -2.35. The number of amides is 2. The second kappa shape index (κ2) is 9.36. The molecule has 1 aliphatic rings. The van der Waals surface area contributed by atoms with Crippen molar-refractivity contribution in [2.24, 2.45) is 0 Å². The van der Waals surface area contributed by atoms with E-state index in [-0.39, 0.29) is 11.8 Å². The van der Waals surface area contributed by atoms with E-state index < -0.39 is 0 Å². The molecule has 0 saturated carbocycles. The highest BCUT2D eigenvalue weighted by atomic mass is 16.2. The molecule has 2 heterocycles. The van der Waals surface area contributed by atoms with Crippen molar-refractivity contribution in [3.05, 3.63) is 24.4 Å². The Morgan fingerprint density at radius 1 is 1.08 bits per heavy atom. The first kappa shape index (κ1) is 19.2. The van der Waals surface area contributed by atoms with Gasteiger partial charge in [-0.1, -0.05) is 6.07 Å². The maximum atomic E-state index is 12.4. The molecule has 0 spiro atoms. The van der Waals surface area contributed by atoms with E-state index in [0.717, 1.165) is 25.5 Å². The topological polar surface area (TPSA) is 60.0 Å². The molecule has 0 atom stereocenters. The third kappa shape index (κ3) is 6.01. The van der Waals surface area contributed by atoms with Crippen LogP contribution in [0.2, 0.25) is 0 Å². The zero-order valence-corrected chi connectivity index (χ0v) is 15.5. The molecule has 0 bridgehead atoms. The molecule has 1 saturated heterocycles. The van der Waals surface area contributed by atoms with Crippen molar-refractivity contribution in [2.75, 3.05) is 64.8 Å². The second-order valence-corrected chi connectivity index (χ2v) is 6.62. The van der Waals surface area contributed by atoms with Crippen molar-refractivity contribution in [1.82, 2.24) is 19.7 Å². The zero-order chi connectivity index (χ0) is 18.2. The van der Waals surface area contributed by atoms with E-state index in [1.165, 1.54) is 0 Å². The van der Waals surface area contributed by atoms with Crippen molar-refractivity contribution in [1.29, 1.82) is 0 Å². The van der Waals surface area contributed by atoms with Crippen molar-refractivity contribution < 1.29 is 9.59 Å². The molecule has 25 heavy (non-hydrogen) atoms. The molecule has 138 valence electrons. The van der Waals surface area contributed by atoms with Crippen LogP contribution in [0.15, 0.2) is 24.4 Å². The first-order valence-corrected chi connectivity index (χ1v) is 8.81. The van der Waals surface area contributed by atoms with Crippen LogP contribution in [0, 0.1) is 0 Å². The quantitative estimate of drug-likeness (QED) is 0.720. The molecule has 0 unspecified atom stereocenters. The minimum Gasteiger partial charge on any atom is -0.353 e. The summed E-state index contributed by atoms with van der Waals surface area (Å²) in [5.74, 6) is 1.10. The van der Waals surface area contributed by atoms with Gasteiger partial charge in [0.25, 0.3) is 0 Å². The summed E-state index contributed by atoms with van der Waals surface area (Å²) in [4.78, 5) is 36.4. The predicted molar refractivity (Wildman–Crippen MR) is 98.5 cm³/mol. The summed E-state index contributed by atoms with van der Waals surface area (Å²) in [6.45, 7) is 6.49. The minimum atomic E-state index is 0.0228. The largest absolute Gasteiger partial charge is 0.353 e. The second-order valence-electron chi connectivity index (χ2n) is 6.62. The lowest BCUT2D eigenvalue weighted by Crippen LogP contribution is -2.49. The van der Waals surface area contributed by atoms with Crippen molar-refractivity contribution in [3.8, 4) is 0 Å². The average molecular weight is 347 g/mol. The predicted octanol–water partition coefficient (Wildman–Crippen LogP) is 0.530. The van der Waals surface area contributed by atoms with E-state index in [9.17, 15) is 9.59 Å². The van der Waals surface area contributed by atoms with Gasteiger partial charge in [-0.05, 0) is 26.2 Å². The Balaban J connectivity index is 1.77. The van der Waals surface area contributed by atoms with Crippen LogP contribution < -0.4 is 4.90 Å². The number of piperazine rings is 1. The molecule has 0 aromatic carbocycles. The Morgan fingerprint density at radius 2 is 1.80 bits per heavy atom. The normalized spacial score (nSPS) is 14.7. The summed E-state index contributed by atoms with van der Waals surface area (Å²) >= 11 is 0. The van der Waals surface area contributed by atoms with E-state index in [1.807, 2.05) is 42.1 Å². The molecule has 1 aliphatic heterocycles. The van der Waals surface area contributed by atoms with Gasteiger partial charge in [0.15, 0.2) is 0 Å². The van der Waals surface area contributed by atoms with Crippen molar-refractivity contribution in [2.45, 2.75) is 13.3 Å². The van der Waals surface area contributed by atoms with Gasteiger partial charge < -0.3 is 19.6 Å². The Morgan fingerprint density at radius 3 is 2.36 bits per heavy atom. The average Bonchev–Trinajstić information content (AvgIpc) is 2.62. The lowest BCUT2D eigenvalue weighted by atomic mass is 10.2. The molecule has 0 N–H and O–H groups in total. The number of hydrogen-bond donors (Lipinski definition) is 0. The van der Waals surface area contributed by atoms with E-state index in [1.54, 1.807) is 18.0 Å². The lowest BCUT2D eigenvalue weighted by molar-refractivity contribution is -0.133. The summed E-state index contributed by atoms with van der Waals surface area (Å²) in [6.07, 6.45) is 2.17. The highest BCUT2D eigenvalue weighted by molar-refractivity contribution is 5.78. The van der Waals surface area contributed by atoms with Crippen LogP contribution in [0.4, 0.5) is 5.82 Å². The Bertz CT molecular complexity index is 556. The fraction of sp³-hybridized carbons (Fsp3) is 0.611. The molecular weight excluding hydrogens is 318 g/mol. The molecule has 1 aromatic heterocycles. The minimum absolute atomic E-state index is 0.0228. The standard InChI is InChI=1S/C18H29N5O2/c1-16(24)21(11-10-20(2)3)9-7-18(25)23-14-12-22(13-15-23)17-6-4-5-8-19-17/h4-6,8H,7,9-15H2,1-3H3. The van der Waals surface area contributed by atoms with Gasteiger partial charge in [-0.15, -0.1) is 0 Å². The van der Waals surface area contributed by atoms with E-state index in [4.69, 9.17) is 0 Å². The van der Waals surface area contributed by atoms with Gasteiger partial charge in [0.05, 0.1) is 0 Å². The molecule has 1 fully saturated rings. The highest BCUT2D eigenvalue weighted by Crippen LogP contribution is 2.13. The van der Waals surface area contributed by atoms with Crippen molar-refractivity contribution in [3.63, 3.8) is 0 Å². The summed E-state index contributed by atoms with van der Waals surface area (Å²) < 4.78 is 0. The van der Waals surface area contributed by atoms with Crippen LogP contribution in [0.1, 0.15) is 13.3 Å². The SMILES string of the molecule is CC(=O)N(CCC(=O)N1CCN(c2ccccn2)CC1)CCN(C)C. The van der Waals surface area contributed by atoms with Crippen LogP contribution in [0.3, 0.4) is 0 Å². The number of rotatable bonds is 7. The van der Waals surface area contributed by atoms with Crippen LogP contribution in [0.25, 0.3) is 0 Å². The summed E-state index contributed by atoms with van der Waals surface area (Å²) in [6, 6.07) is 5.87. The Labute approximate surface area is 150 Å². The summed E-state index contributed by atoms with van der Waals surface area (Å²) in [5, 5.41) is 0. The van der Waals surface area contributed by atoms with Gasteiger partial charge in [0, 0.05) is 65.4 Å². The number of likely N-dealkylation sites (N-methyl/N-ethyl adjacent to an activating group) is 1. The van der Waals surface area contributed by atoms with E-state index in [0.29, 0.717) is 32.6 Å². The van der Waals surface area contributed by atoms with Crippen LogP contribution in [-0.4, -0.2) is 91.4 Å².